The molecule has 0 fully saturated rings. The summed E-state index contributed by atoms with van der Waals surface area (Å²) in [5, 5.41) is 10.7. The second kappa shape index (κ2) is 5.14. The number of benzene rings is 1. The number of likely N-dealkylation sites (N-methyl/N-ethyl adjacent to an activating group) is 1. The Balaban J connectivity index is 2.58. The maximum atomic E-state index is 10.7. The van der Waals surface area contributed by atoms with Gasteiger partial charge in [-0.05, 0) is 33.0 Å². The van der Waals surface area contributed by atoms with Crippen LogP contribution in [0.15, 0.2) is 12.1 Å². The number of hydrogen-bond donors (Lipinski definition) is 3. The third-order valence-corrected chi connectivity index (χ3v) is 4.12. The first-order chi connectivity index (χ1) is 9.31. The maximum Gasteiger partial charge on any atom is 0.131 e. The van der Waals surface area contributed by atoms with Crippen LogP contribution in [0.3, 0.4) is 0 Å². The first-order valence-electron chi connectivity index (χ1n) is 7.11. The second-order valence-corrected chi connectivity index (χ2v) is 5.84. The zero-order valence-corrected chi connectivity index (χ0v) is 12.7. The highest BCUT2D eigenvalue weighted by atomic mass is 16.5. The average molecular weight is 279 g/mol. The Labute approximate surface area is 120 Å². The van der Waals surface area contributed by atoms with Crippen LogP contribution in [0, 0.1) is 0 Å². The van der Waals surface area contributed by atoms with Gasteiger partial charge in [0.2, 0.25) is 0 Å². The summed E-state index contributed by atoms with van der Waals surface area (Å²) >= 11 is 0. The summed E-state index contributed by atoms with van der Waals surface area (Å²) in [6.07, 6.45) is -0.627. The molecular weight excluding hydrogens is 254 g/mol. The first kappa shape index (κ1) is 14.9. The van der Waals surface area contributed by atoms with Crippen LogP contribution in [-0.4, -0.2) is 34.8 Å². The molecule has 0 amide bonds. The Kier molecular flexibility index (Phi) is 3.84. The molecule has 112 valence electrons. The Morgan fingerprint density at radius 2 is 1.75 bits per heavy atom. The summed E-state index contributed by atoms with van der Waals surface area (Å²) in [5.74, 6) is 0.712. The normalized spacial score (nSPS) is 24.3. The zero-order chi connectivity index (χ0) is 15.1. The Morgan fingerprint density at radius 3 is 2.30 bits per heavy atom. The second-order valence-electron chi connectivity index (χ2n) is 5.84. The Bertz CT molecular complexity index is 498. The van der Waals surface area contributed by atoms with Gasteiger partial charge in [0.05, 0.1) is 17.4 Å². The zero-order valence-electron chi connectivity index (χ0n) is 12.7. The van der Waals surface area contributed by atoms with Crippen LogP contribution in [0.1, 0.15) is 39.3 Å². The summed E-state index contributed by atoms with van der Waals surface area (Å²) in [6, 6.07) is 3.45. The van der Waals surface area contributed by atoms with Crippen molar-refractivity contribution < 1.29 is 9.84 Å². The van der Waals surface area contributed by atoms with Crippen molar-refractivity contribution in [3.63, 3.8) is 0 Å². The SMILES string of the molecule is CCN(CC)C1c2cc(N)c(N)cc2OC(C)(C)C1O. The number of hydrogen-bond acceptors (Lipinski definition) is 5. The van der Waals surface area contributed by atoms with Crippen molar-refractivity contribution in [1.82, 2.24) is 4.90 Å². The minimum absolute atomic E-state index is 0.133. The summed E-state index contributed by atoms with van der Waals surface area (Å²) in [7, 11) is 0. The summed E-state index contributed by atoms with van der Waals surface area (Å²) in [5.41, 5.74) is 13.1. The van der Waals surface area contributed by atoms with E-state index in [-0.39, 0.29) is 6.04 Å². The first-order valence-corrected chi connectivity index (χ1v) is 7.11. The van der Waals surface area contributed by atoms with Gasteiger partial charge >= 0.3 is 0 Å². The minimum atomic E-state index is -0.664. The van der Waals surface area contributed by atoms with Crippen LogP contribution in [0.25, 0.3) is 0 Å². The summed E-state index contributed by atoms with van der Waals surface area (Å²) in [6.45, 7) is 9.64. The van der Waals surface area contributed by atoms with Crippen LogP contribution in [0.4, 0.5) is 11.4 Å². The van der Waals surface area contributed by atoms with Gasteiger partial charge in [0.25, 0.3) is 0 Å². The minimum Gasteiger partial charge on any atom is -0.485 e. The highest BCUT2D eigenvalue weighted by molar-refractivity contribution is 5.68. The van der Waals surface area contributed by atoms with Gasteiger partial charge < -0.3 is 21.3 Å². The van der Waals surface area contributed by atoms with E-state index in [1.807, 2.05) is 19.9 Å². The van der Waals surface area contributed by atoms with Crippen LogP contribution < -0.4 is 16.2 Å². The Morgan fingerprint density at radius 1 is 1.20 bits per heavy atom. The number of anilines is 2. The van der Waals surface area contributed by atoms with Crippen LogP contribution in [0.2, 0.25) is 0 Å². The maximum absolute atomic E-state index is 10.7. The number of nitrogens with two attached hydrogens (primary N) is 2. The summed E-state index contributed by atoms with van der Waals surface area (Å²) in [4.78, 5) is 2.21. The van der Waals surface area contributed by atoms with Crippen molar-refractivity contribution in [3.8, 4) is 5.75 Å². The molecule has 0 aliphatic carbocycles. The van der Waals surface area contributed by atoms with Gasteiger partial charge in [-0.3, -0.25) is 4.90 Å². The molecular formula is C15H25N3O2. The molecule has 0 saturated heterocycles. The van der Waals surface area contributed by atoms with Gasteiger partial charge in [0.15, 0.2) is 0 Å². The van der Waals surface area contributed by atoms with Crippen LogP contribution in [-0.2, 0) is 0 Å². The number of rotatable bonds is 3. The molecule has 0 saturated carbocycles. The molecule has 2 rings (SSSR count). The van der Waals surface area contributed by atoms with Crippen molar-refractivity contribution in [2.75, 3.05) is 24.6 Å². The quantitative estimate of drug-likeness (QED) is 0.734. The monoisotopic (exact) mass is 279 g/mol. The molecule has 0 bridgehead atoms. The molecule has 5 nitrogen and oxygen atoms in total. The number of nitrogens with zero attached hydrogens (tertiary/aromatic N) is 1. The number of aliphatic hydroxyl groups excluding tert-OH is 1. The van der Waals surface area contributed by atoms with Crippen molar-refractivity contribution in [2.45, 2.75) is 45.4 Å². The predicted octanol–water partition coefficient (Wildman–Crippen LogP) is 1.77. The van der Waals surface area contributed by atoms with E-state index < -0.39 is 11.7 Å². The Hall–Kier alpha value is -1.46. The van der Waals surface area contributed by atoms with E-state index in [0.29, 0.717) is 17.1 Å². The molecule has 0 aromatic heterocycles. The highest BCUT2D eigenvalue weighted by Gasteiger charge is 2.45. The van der Waals surface area contributed by atoms with Gasteiger partial charge in [-0.15, -0.1) is 0 Å². The van der Waals surface area contributed by atoms with Crippen molar-refractivity contribution in [3.05, 3.63) is 17.7 Å². The molecule has 0 spiro atoms. The molecule has 20 heavy (non-hydrogen) atoms. The number of aliphatic hydroxyl groups is 1. The number of fused-ring (bicyclic) bond motifs is 1. The standard InChI is InChI=1S/C15H25N3O2/c1-5-18(6-2)13-9-7-10(16)11(17)8-12(9)20-15(3,4)14(13)19/h7-8,13-14,19H,5-6,16-17H2,1-4H3. The third-order valence-electron chi connectivity index (χ3n) is 4.12. The largest absolute Gasteiger partial charge is 0.485 e. The lowest BCUT2D eigenvalue weighted by atomic mass is 9.85. The fraction of sp³-hybridized carbons (Fsp3) is 0.600. The van der Waals surface area contributed by atoms with Gasteiger partial charge in [-0.2, -0.15) is 0 Å². The fourth-order valence-corrected chi connectivity index (χ4v) is 2.86. The van der Waals surface area contributed by atoms with Crippen molar-refractivity contribution in [1.29, 1.82) is 0 Å². The molecule has 1 aliphatic heterocycles. The van der Waals surface area contributed by atoms with E-state index in [9.17, 15) is 5.11 Å². The van der Waals surface area contributed by atoms with Crippen LogP contribution >= 0.6 is 0 Å². The van der Waals surface area contributed by atoms with E-state index in [1.165, 1.54) is 0 Å². The lowest BCUT2D eigenvalue weighted by Crippen LogP contribution is -2.53. The van der Waals surface area contributed by atoms with Crippen molar-refractivity contribution in [2.24, 2.45) is 0 Å². The third kappa shape index (κ3) is 2.31. The molecule has 1 heterocycles. The van der Waals surface area contributed by atoms with Crippen LogP contribution in [0.5, 0.6) is 5.75 Å². The molecule has 1 aromatic rings. The number of nitrogen functional groups attached to an aromatic ring is 2. The molecule has 0 radical (unpaired) electrons. The van der Waals surface area contributed by atoms with Gasteiger partial charge in [0.1, 0.15) is 17.5 Å². The van der Waals surface area contributed by atoms with E-state index in [2.05, 4.69) is 18.7 Å². The lowest BCUT2D eigenvalue weighted by Gasteiger charge is -2.46. The van der Waals surface area contributed by atoms with E-state index in [0.717, 1.165) is 18.7 Å². The van der Waals surface area contributed by atoms with Gasteiger partial charge in [-0.1, -0.05) is 13.8 Å². The van der Waals surface area contributed by atoms with Gasteiger partial charge in [-0.25, -0.2) is 0 Å². The number of ether oxygens (including phenoxy) is 1. The highest BCUT2D eigenvalue weighted by Crippen LogP contribution is 2.44. The topological polar surface area (TPSA) is 84.7 Å². The molecule has 1 aliphatic rings. The molecule has 1 aromatic carbocycles. The average Bonchev–Trinajstić information content (AvgIpc) is 2.38. The molecule has 5 N–H and O–H groups in total. The molecule has 2 atom stereocenters. The fourth-order valence-electron chi connectivity index (χ4n) is 2.86. The molecule has 2 unspecified atom stereocenters. The predicted molar refractivity (Wildman–Crippen MR) is 81.6 cm³/mol. The van der Waals surface area contributed by atoms with E-state index in [1.54, 1.807) is 6.07 Å². The lowest BCUT2D eigenvalue weighted by molar-refractivity contribution is -0.0917. The van der Waals surface area contributed by atoms with Gasteiger partial charge in [0, 0.05) is 11.6 Å². The summed E-state index contributed by atoms with van der Waals surface area (Å²) < 4.78 is 5.92. The smallest absolute Gasteiger partial charge is 0.131 e. The molecule has 5 heteroatoms. The van der Waals surface area contributed by atoms with E-state index >= 15 is 0 Å². The van der Waals surface area contributed by atoms with Crippen molar-refractivity contribution >= 4 is 11.4 Å². The van der Waals surface area contributed by atoms with E-state index in [4.69, 9.17) is 16.2 Å².